The zero-order valence-electron chi connectivity index (χ0n) is 13.6. The lowest BCUT2D eigenvalue weighted by Crippen LogP contribution is -2.30. The molecule has 0 saturated heterocycles. The highest BCUT2D eigenvalue weighted by molar-refractivity contribution is 6.31. The monoisotopic (exact) mass is 351 g/mol. The highest BCUT2D eigenvalue weighted by Gasteiger charge is 2.22. The van der Waals surface area contributed by atoms with Crippen molar-refractivity contribution in [2.24, 2.45) is 0 Å². The molecule has 0 radical (unpaired) electrons. The molecule has 0 heterocycles. The highest BCUT2D eigenvalue weighted by Crippen LogP contribution is 2.25. The third kappa shape index (κ3) is 4.60. The summed E-state index contributed by atoms with van der Waals surface area (Å²) in [6, 6.07) is 4.86. The van der Waals surface area contributed by atoms with Crippen molar-refractivity contribution in [1.29, 1.82) is 0 Å². The zero-order chi connectivity index (χ0) is 17.7. The van der Waals surface area contributed by atoms with Crippen LogP contribution < -0.4 is 0 Å². The van der Waals surface area contributed by atoms with E-state index in [1.54, 1.807) is 24.1 Å². The minimum Gasteiger partial charge on any atom is -0.508 e. The largest absolute Gasteiger partial charge is 0.508 e. The number of halogens is 1. The first-order valence-corrected chi connectivity index (χ1v) is 8.24. The molecule has 0 saturated carbocycles. The average molecular weight is 352 g/mol. The van der Waals surface area contributed by atoms with Crippen LogP contribution in [0.4, 0.5) is 0 Å². The number of aromatic hydroxyl groups is 1. The molecule has 0 spiro atoms. The van der Waals surface area contributed by atoms with Crippen molar-refractivity contribution in [2.45, 2.75) is 25.4 Å². The number of ketones is 1. The number of hydrogen-bond acceptors (Lipinski definition) is 5. The average Bonchev–Trinajstić information content (AvgIpc) is 2.52. The Hall–Kier alpha value is -1.82. The number of aliphatic hydroxyl groups excluding tert-OH is 2. The molecule has 0 aliphatic heterocycles. The van der Waals surface area contributed by atoms with E-state index in [9.17, 15) is 15.0 Å². The number of rotatable bonds is 7. The zero-order valence-corrected chi connectivity index (χ0v) is 14.3. The second-order valence-electron chi connectivity index (χ2n) is 5.85. The van der Waals surface area contributed by atoms with Crippen molar-refractivity contribution in [3.8, 4) is 5.75 Å². The minimum atomic E-state index is -0.797. The van der Waals surface area contributed by atoms with E-state index in [1.165, 1.54) is 18.2 Å². The van der Waals surface area contributed by atoms with Crippen LogP contribution in [0.25, 0.3) is 0 Å². The molecule has 1 aliphatic rings. The van der Waals surface area contributed by atoms with Crippen LogP contribution in [0.15, 0.2) is 41.6 Å². The van der Waals surface area contributed by atoms with Gasteiger partial charge in [0.25, 0.3) is 0 Å². The summed E-state index contributed by atoms with van der Waals surface area (Å²) in [5.41, 5.74) is 2.00. The Bertz CT molecular complexity index is 669. The summed E-state index contributed by atoms with van der Waals surface area (Å²) >= 11 is 6.07. The molecule has 0 aromatic heterocycles. The summed E-state index contributed by atoms with van der Waals surface area (Å²) in [6.45, 7) is 0.286. The van der Waals surface area contributed by atoms with E-state index >= 15 is 0 Å². The summed E-state index contributed by atoms with van der Waals surface area (Å²) in [5, 5.41) is 29.0. The van der Waals surface area contributed by atoms with Gasteiger partial charge in [-0.1, -0.05) is 17.7 Å². The van der Waals surface area contributed by atoms with Crippen LogP contribution in [0.1, 0.15) is 18.4 Å². The van der Waals surface area contributed by atoms with Crippen molar-refractivity contribution in [3.05, 3.63) is 52.2 Å². The van der Waals surface area contributed by atoms with E-state index in [2.05, 4.69) is 0 Å². The number of nitrogens with zero attached hydrogens (tertiary/aromatic N) is 1. The van der Waals surface area contributed by atoms with Crippen LogP contribution in [0.2, 0.25) is 5.02 Å². The summed E-state index contributed by atoms with van der Waals surface area (Å²) in [5.74, 6) is -0.0293. The fourth-order valence-corrected chi connectivity index (χ4v) is 2.96. The fraction of sp³-hybridized carbons (Fsp3) is 0.389. The topological polar surface area (TPSA) is 81.0 Å². The third-order valence-electron chi connectivity index (χ3n) is 4.06. The number of allylic oxidation sites excluding steroid dienone is 1. The Labute approximate surface area is 146 Å². The first-order valence-electron chi connectivity index (χ1n) is 7.86. The lowest BCUT2D eigenvalue weighted by atomic mass is 9.94. The van der Waals surface area contributed by atoms with Gasteiger partial charge < -0.3 is 20.2 Å². The molecule has 1 aromatic rings. The molecule has 0 bridgehead atoms. The number of likely N-dealkylation sites (N-methyl/N-ethyl adjacent to an activating group) is 1. The number of aliphatic hydroxyl groups is 2. The number of phenols is 1. The van der Waals surface area contributed by atoms with E-state index in [0.717, 1.165) is 12.0 Å². The number of hydrogen-bond donors (Lipinski definition) is 3. The van der Waals surface area contributed by atoms with Crippen LogP contribution in [0.3, 0.4) is 0 Å². The molecule has 0 fully saturated rings. The maximum Gasteiger partial charge on any atom is 0.201 e. The number of benzene rings is 1. The molecule has 24 heavy (non-hydrogen) atoms. The standard InChI is InChI=1S/C18H22ClNO4/c1-20(7-8-21)16-11-17(23)13(9-18(16)24)4-2-3-12-5-6-14(22)10-15(12)19/h5-6,9-11,17,21-23H,2-4,7-8H2,1H3. The Kier molecular flexibility index (Phi) is 6.43. The van der Waals surface area contributed by atoms with E-state index < -0.39 is 6.10 Å². The summed E-state index contributed by atoms with van der Waals surface area (Å²) in [6.07, 6.45) is 4.22. The van der Waals surface area contributed by atoms with E-state index in [-0.39, 0.29) is 18.1 Å². The molecule has 130 valence electrons. The first kappa shape index (κ1) is 18.5. The van der Waals surface area contributed by atoms with Crippen LogP contribution in [-0.4, -0.2) is 52.3 Å². The molecule has 3 N–H and O–H groups in total. The molecule has 1 unspecified atom stereocenters. The van der Waals surface area contributed by atoms with Gasteiger partial charge in [-0.25, -0.2) is 0 Å². The maximum atomic E-state index is 12.2. The normalized spacial score (nSPS) is 17.5. The Morgan fingerprint density at radius 2 is 2.04 bits per heavy atom. The van der Waals surface area contributed by atoms with Gasteiger partial charge in [0.2, 0.25) is 5.78 Å². The van der Waals surface area contributed by atoms with Gasteiger partial charge in [0, 0.05) is 18.6 Å². The number of carbonyl (C=O) groups is 1. The van der Waals surface area contributed by atoms with E-state index in [0.29, 0.717) is 35.7 Å². The molecule has 1 atom stereocenters. The minimum absolute atomic E-state index is 0.0544. The van der Waals surface area contributed by atoms with Crippen LogP contribution in [0, 0.1) is 0 Å². The summed E-state index contributed by atoms with van der Waals surface area (Å²) in [7, 11) is 1.71. The van der Waals surface area contributed by atoms with Crippen LogP contribution in [0.5, 0.6) is 5.75 Å². The van der Waals surface area contributed by atoms with Gasteiger partial charge in [0.1, 0.15) is 5.75 Å². The van der Waals surface area contributed by atoms with Gasteiger partial charge in [-0.2, -0.15) is 0 Å². The molecule has 5 nitrogen and oxygen atoms in total. The van der Waals surface area contributed by atoms with Crippen molar-refractivity contribution < 1.29 is 20.1 Å². The van der Waals surface area contributed by atoms with Crippen LogP contribution >= 0.6 is 11.6 Å². The summed E-state index contributed by atoms with van der Waals surface area (Å²) in [4.78, 5) is 13.8. The fourth-order valence-electron chi connectivity index (χ4n) is 2.69. The van der Waals surface area contributed by atoms with Gasteiger partial charge in [-0.3, -0.25) is 4.79 Å². The molecule has 2 rings (SSSR count). The molecule has 1 aliphatic carbocycles. The SMILES string of the molecule is CN(CCO)C1=CC(O)C(CCCc2ccc(O)cc2Cl)=CC1=O. The quantitative estimate of drug-likeness (QED) is 0.700. The van der Waals surface area contributed by atoms with Gasteiger partial charge in [-0.15, -0.1) is 0 Å². The predicted octanol–water partition coefficient (Wildman–Crippen LogP) is 2.05. The predicted molar refractivity (Wildman–Crippen MR) is 93.0 cm³/mol. The van der Waals surface area contributed by atoms with Crippen LogP contribution in [-0.2, 0) is 11.2 Å². The van der Waals surface area contributed by atoms with E-state index in [4.69, 9.17) is 16.7 Å². The molecular weight excluding hydrogens is 330 g/mol. The Balaban J connectivity index is 1.94. The second-order valence-corrected chi connectivity index (χ2v) is 6.26. The second kappa shape index (κ2) is 8.33. The van der Waals surface area contributed by atoms with E-state index in [1.807, 2.05) is 0 Å². The Morgan fingerprint density at radius 1 is 1.29 bits per heavy atom. The van der Waals surface area contributed by atoms with Gasteiger partial charge in [-0.05, 0) is 54.7 Å². The molecular formula is C18H22ClNO4. The lowest BCUT2D eigenvalue weighted by Gasteiger charge is -2.25. The molecule has 6 heteroatoms. The smallest absolute Gasteiger partial charge is 0.201 e. The van der Waals surface area contributed by atoms with Gasteiger partial charge in [0.15, 0.2) is 0 Å². The van der Waals surface area contributed by atoms with Crippen molar-refractivity contribution in [3.63, 3.8) is 0 Å². The number of phenolic OH excluding ortho intramolecular Hbond substituents is 1. The summed E-state index contributed by atoms with van der Waals surface area (Å²) < 4.78 is 0. The number of carbonyl (C=O) groups excluding carboxylic acids is 1. The van der Waals surface area contributed by atoms with Gasteiger partial charge in [0.05, 0.1) is 18.4 Å². The van der Waals surface area contributed by atoms with Crippen molar-refractivity contribution in [1.82, 2.24) is 4.90 Å². The molecule has 1 aromatic carbocycles. The lowest BCUT2D eigenvalue weighted by molar-refractivity contribution is -0.113. The highest BCUT2D eigenvalue weighted by atomic mass is 35.5. The number of aryl methyl sites for hydroxylation is 1. The van der Waals surface area contributed by atoms with Crippen molar-refractivity contribution in [2.75, 3.05) is 20.2 Å². The van der Waals surface area contributed by atoms with Gasteiger partial charge >= 0.3 is 0 Å². The molecule has 0 amide bonds. The first-order chi connectivity index (χ1) is 11.4. The Morgan fingerprint density at radius 3 is 2.71 bits per heavy atom. The maximum absolute atomic E-state index is 12.2. The third-order valence-corrected chi connectivity index (χ3v) is 4.41. The van der Waals surface area contributed by atoms with Crippen molar-refractivity contribution >= 4 is 17.4 Å².